The molecule has 154 valence electrons. The second-order valence-corrected chi connectivity index (χ2v) is 7.96. The fourth-order valence-corrected chi connectivity index (χ4v) is 3.86. The molecule has 2 heterocycles. The summed E-state index contributed by atoms with van der Waals surface area (Å²) in [5.41, 5.74) is 3.86. The van der Waals surface area contributed by atoms with Gasteiger partial charge < -0.3 is 10.2 Å². The summed E-state index contributed by atoms with van der Waals surface area (Å²) in [7, 11) is 0. The third-order valence-electron chi connectivity index (χ3n) is 5.11. The van der Waals surface area contributed by atoms with E-state index in [1.807, 2.05) is 42.2 Å². The first kappa shape index (κ1) is 20.2. The van der Waals surface area contributed by atoms with Crippen LogP contribution in [0.1, 0.15) is 44.1 Å². The number of hydrogen-bond donors (Lipinski definition) is 1. The van der Waals surface area contributed by atoms with Gasteiger partial charge in [-0.05, 0) is 36.6 Å². The molecule has 2 amide bonds. The maximum absolute atomic E-state index is 13.1. The highest BCUT2D eigenvalue weighted by Gasteiger charge is 2.26. The predicted octanol–water partition coefficient (Wildman–Crippen LogP) is 3.82. The number of fused-ring (bicyclic) bond motifs is 1. The van der Waals surface area contributed by atoms with E-state index in [2.05, 4.69) is 16.5 Å². The van der Waals surface area contributed by atoms with Crippen molar-refractivity contribution in [1.29, 1.82) is 0 Å². The summed E-state index contributed by atoms with van der Waals surface area (Å²) in [5, 5.41) is 7.84. The summed E-state index contributed by atoms with van der Waals surface area (Å²) in [5.74, 6) is -0.413. The Balaban J connectivity index is 1.47. The van der Waals surface area contributed by atoms with Crippen molar-refractivity contribution in [2.45, 2.75) is 33.0 Å². The highest BCUT2D eigenvalue weighted by molar-refractivity contribution is 6.30. The van der Waals surface area contributed by atoms with Gasteiger partial charge in [0, 0.05) is 37.3 Å². The number of rotatable bonds is 5. The molecule has 7 heteroatoms. The van der Waals surface area contributed by atoms with Crippen LogP contribution in [0.5, 0.6) is 0 Å². The number of nitrogens with one attached hydrogen (secondary N) is 1. The number of carbonyl (C=O) groups excluding carboxylic acids is 2. The SMILES string of the molecule is Cc1cccc(CN2CCCn3nc(C(=O)NCc4cccc(Cl)c4)cc3C2=O)c1. The minimum atomic E-state index is -0.311. The summed E-state index contributed by atoms with van der Waals surface area (Å²) in [6.07, 6.45) is 0.788. The first-order chi connectivity index (χ1) is 14.5. The number of carbonyl (C=O) groups is 2. The molecular formula is C23H23ClN4O2. The van der Waals surface area contributed by atoms with Crippen LogP contribution in [-0.4, -0.2) is 33.0 Å². The quantitative estimate of drug-likeness (QED) is 0.679. The van der Waals surface area contributed by atoms with Gasteiger partial charge in [-0.15, -0.1) is 0 Å². The van der Waals surface area contributed by atoms with Crippen LogP contribution < -0.4 is 5.32 Å². The smallest absolute Gasteiger partial charge is 0.272 e. The fraction of sp³-hybridized carbons (Fsp3) is 0.261. The molecule has 1 N–H and O–H groups in total. The first-order valence-electron chi connectivity index (χ1n) is 9.95. The Morgan fingerprint density at radius 1 is 1.10 bits per heavy atom. The highest BCUT2D eigenvalue weighted by Crippen LogP contribution is 2.17. The van der Waals surface area contributed by atoms with Gasteiger partial charge in [-0.3, -0.25) is 14.3 Å². The monoisotopic (exact) mass is 422 g/mol. The highest BCUT2D eigenvalue weighted by atomic mass is 35.5. The van der Waals surface area contributed by atoms with Crippen LogP contribution in [0.25, 0.3) is 0 Å². The molecule has 30 heavy (non-hydrogen) atoms. The van der Waals surface area contributed by atoms with E-state index in [4.69, 9.17) is 11.6 Å². The number of hydrogen-bond acceptors (Lipinski definition) is 3. The zero-order chi connectivity index (χ0) is 21.1. The van der Waals surface area contributed by atoms with E-state index in [0.29, 0.717) is 36.9 Å². The van der Waals surface area contributed by atoms with Gasteiger partial charge in [0.15, 0.2) is 5.69 Å². The minimum absolute atomic E-state index is 0.101. The molecule has 1 aliphatic rings. The van der Waals surface area contributed by atoms with Crippen LogP contribution in [0.4, 0.5) is 0 Å². The second-order valence-electron chi connectivity index (χ2n) is 7.52. The lowest BCUT2D eigenvalue weighted by Crippen LogP contribution is -2.30. The van der Waals surface area contributed by atoms with Crippen LogP contribution in [-0.2, 0) is 19.6 Å². The third kappa shape index (κ3) is 4.54. The molecule has 0 bridgehead atoms. The molecule has 0 unspecified atom stereocenters. The molecule has 0 fully saturated rings. The van der Waals surface area contributed by atoms with Crippen molar-refractivity contribution in [2.24, 2.45) is 0 Å². The molecule has 0 spiro atoms. The molecule has 2 aromatic carbocycles. The summed E-state index contributed by atoms with van der Waals surface area (Å²) < 4.78 is 1.65. The third-order valence-corrected chi connectivity index (χ3v) is 5.35. The normalized spacial score (nSPS) is 13.7. The van der Waals surface area contributed by atoms with Crippen molar-refractivity contribution in [3.8, 4) is 0 Å². The van der Waals surface area contributed by atoms with Crippen molar-refractivity contribution in [2.75, 3.05) is 6.54 Å². The number of halogens is 1. The number of amides is 2. The van der Waals surface area contributed by atoms with E-state index >= 15 is 0 Å². The van der Waals surface area contributed by atoms with E-state index in [9.17, 15) is 9.59 Å². The maximum atomic E-state index is 13.1. The maximum Gasteiger partial charge on any atom is 0.272 e. The Labute approximate surface area is 180 Å². The van der Waals surface area contributed by atoms with Crippen molar-refractivity contribution in [3.63, 3.8) is 0 Å². The van der Waals surface area contributed by atoms with Crippen molar-refractivity contribution in [3.05, 3.63) is 87.7 Å². The van der Waals surface area contributed by atoms with Crippen LogP contribution in [0.3, 0.4) is 0 Å². The Kier molecular flexibility index (Phi) is 5.86. The standard InChI is InChI=1S/C23H23ClN4O2/c1-16-5-2-7-18(11-16)15-27-9-4-10-28-21(23(27)30)13-20(26-28)22(29)25-14-17-6-3-8-19(24)12-17/h2-3,5-8,11-13H,4,9-10,14-15H2,1H3,(H,25,29). The largest absolute Gasteiger partial charge is 0.347 e. The van der Waals surface area contributed by atoms with Gasteiger partial charge in [-0.25, -0.2) is 0 Å². The van der Waals surface area contributed by atoms with Gasteiger partial charge in [0.05, 0.1) is 0 Å². The molecule has 0 radical (unpaired) electrons. The summed E-state index contributed by atoms with van der Waals surface area (Å²) >= 11 is 5.99. The van der Waals surface area contributed by atoms with Crippen LogP contribution >= 0.6 is 11.6 Å². The molecule has 1 aromatic heterocycles. The van der Waals surface area contributed by atoms with E-state index in [1.165, 1.54) is 5.56 Å². The Bertz CT molecular complexity index is 1090. The number of benzene rings is 2. The molecule has 6 nitrogen and oxygen atoms in total. The van der Waals surface area contributed by atoms with Gasteiger partial charge in [-0.2, -0.15) is 5.10 Å². The lowest BCUT2D eigenvalue weighted by atomic mass is 10.1. The Morgan fingerprint density at radius 3 is 2.70 bits per heavy atom. The van der Waals surface area contributed by atoms with Gasteiger partial charge in [0.25, 0.3) is 11.8 Å². The Morgan fingerprint density at radius 2 is 1.90 bits per heavy atom. The zero-order valence-corrected chi connectivity index (χ0v) is 17.5. The zero-order valence-electron chi connectivity index (χ0n) is 16.8. The average Bonchev–Trinajstić information content (AvgIpc) is 3.09. The van der Waals surface area contributed by atoms with Crippen LogP contribution in [0.15, 0.2) is 54.6 Å². The minimum Gasteiger partial charge on any atom is -0.347 e. The van der Waals surface area contributed by atoms with E-state index in [1.54, 1.807) is 22.9 Å². The predicted molar refractivity (Wildman–Crippen MR) is 115 cm³/mol. The molecule has 3 aromatic rings. The van der Waals surface area contributed by atoms with Crippen LogP contribution in [0.2, 0.25) is 5.02 Å². The summed E-state index contributed by atoms with van der Waals surface area (Å²) in [4.78, 5) is 27.5. The molecule has 0 atom stereocenters. The van der Waals surface area contributed by atoms with Gasteiger partial charge in [-0.1, -0.05) is 53.6 Å². The van der Waals surface area contributed by atoms with Crippen molar-refractivity contribution < 1.29 is 9.59 Å². The molecule has 1 aliphatic heterocycles. The second kappa shape index (κ2) is 8.71. The number of aromatic nitrogens is 2. The van der Waals surface area contributed by atoms with E-state index in [-0.39, 0.29) is 17.5 Å². The molecular weight excluding hydrogens is 400 g/mol. The Hall–Kier alpha value is -3.12. The van der Waals surface area contributed by atoms with Crippen molar-refractivity contribution in [1.82, 2.24) is 20.0 Å². The van der Waals surface area contributed by atoms with E-state index in [0.717, 1.165) is 17.5 Å². The van der Waals surface area contributed by atoms with Gasteiger partial charge in [0.1, 0.15) is 5.69 Å². The first-order valence-corrected chi connectivity index (χ1v) is 10.3. The molecule has 4 rings (SSSR count). The van der Waals surface area contributed by atoms with Crippen LogP contribution in [0, 0.1) is 6.92 Å². The number of aryl methyl sites for hydroxylation is 2. The van der Waals surface area contributed by atoms with Crippen molar-refractivity contribution >= 4 is 23.4 Å². The lowest BCUT2D eigenvalue weighted by molar-refractivity contribution is 0.0745. The molecule has 0 saturated heterocycles. The lowest BCUT2D eigenvalue weighted by Gasteiger charge is -2.20. The van der Waals surface area contributed by atoms with E-state index < -0.39 is 0 Å². The van der Waals surface area contributed by atoms with Gasteiger partial charge >= 0.3 is 0 Å². The number of nitrogens with zero attached hydrogens (tertiary/aromatic N) is 3. The topological polar surface area (TPSA) is 67.2 Å². The summed E-state index contributed by atoms with van der Waals surface area (Å²) in [6, 6.07) is 17.1. The molecule has 0 aliphatic carbocycles. The summed E-state index contributed by atoms with van der Waals surface area (Å²) in [6.45, 7) is 4.19. The average molecular weight is 423 g/mol. The van der Waals surface area contributed by atoms with Gasteiger partial charge in [0.2, 0.25) is 0 Å². The molecule has 0 saturated carbocycles. The fourth-order valence-electron chi connectivity index (χ4n) is 3.65.